The number of benzene rings is 2. The number of carbonyl (C=O) groups excluding carboxylic acids is 3. The van der Waals surface area contributed by atoms with Crippen LogP contribution in [0.5, 0.6) is 0 Å². The average Bonchev–Trinajstić information content (AvgIpc) is 3.06. The molecule has 0 radical (unpaired) electrons. The first-order valence-corrected chi connectivity index (χ1v) is 9.34. The van der Waals surface area contributed by atoms with Gasteiger partial charge in [-0.1, -0.05) is 12.1 Å². The van der Waals surface area contributed by atoms with E-state index in [1.54, 1.807) is 36.1 Å². The van der Waals surface area contributed by atoms with Crippen molar-refractivity contribution in [1.82, 2.24) is 0 Å². The maximum atomic E-state index is 12.6. The van der Waals surface area contributed by atoms with E-state index in [1.807, 2.05) is 32.0 Å². The molecule has 1 atom stereocenters. The number of carbonyl (C=O) groups is 3. The second-order valence-corrected chi connectivity index (χ2v) is 6.98. The Hall–Kier alpha value is -3.15. The Bertz CT molecular complexity index is 905. The minimum absolute atomic E-state index is 0.0495. The topological polar surface area (TPSA) is 75.7 Å². The lowest BCUT2D eigenvalue weighted by molar-refractivity contribution is -0.122. The standard InChI is InChI=1S/C22H24N2O4/c1-4-28-22(27)16-7-9-18(10-8-16)23-21(26)17-12-20(25)24(13-17)19-11-14(2)5-6-15(19)3/h5-11,17H,4,12-13H2,1-3H3,(H,23,26)/t17-/m1/s1. The highest BCUT2D eigenvalue weighted by Gasteiger charge is 2.35. The summed E-state index contributed by atoms with van der Waals surface area (Å²) in [6, 6.07) is 12.5. The highest BCUT2D eigenvalue weighted by atomic mass is 16.5. The maximum Gasteiger partial charge on any atom is 0.338 e. The Morgan fingerprint density at radius 3 is 2.54 bits per heavy atom. The van der Waals surface area contributed by atoms with Gasteiger partial charge in [-0.25, -0.2) is 4.79 Å². The van der Waals surface area contributed by atoms with Gasteiger partial charge in [-0.3, -0.25) is 9.59 Å². The largest absolute Gasteiger partial charge is 0.462 e. The summed E-state index contributed by atoms with van der Waals surface area (Å²) in [4.78, 5) is 38.5. The van der Waals surface area contributed by atoms with Crippen molar-refractivity contribution in [2.45, 2.75) is 27.2 Å². The molecule has 2 amide bonds. The molecule has 146 valence electrons. The Balaban J connectivity index is 1.66. The number of anilines is 2. The quantitative estimate of drug-likeness (QED) is 0.806. The third-order valence-electron chi connectivity index (χ3n) is 4.81. The van der Waals surface area contributed by atoms with E-state index in [-0.39, 0.29) is 18.2 Å². The third-order valence-corrected chi connectivity index (χ3v) is 4.81. The van der Waals surface area contributed by atoms with Crippen LogP contribution < -0.4 is 10.2 Å². The molecular formula is C22H24N2O4. The SMILES string of the molecule is CCOC(=O)c1ccc(NC(=O)[C@@H]2CC(=O)N(c3cc(C)ccc3C)C2)cc1. The average molecular weight is 380 g/mol. The predicted molar refractivity (Wildman–Crippen MR) is 107 cm³/mol. The molecule has 2 aromatic rings. The lowest BCUT2D eigenvalue weighted by atomic mass is 10.1. The van der Waals surface area contributed by atoms with Crippen molar-refractivity contribution in [2.24, 2.45) is 5.92 Å². The van der Waals surface area contributed by atoms with Crippen LogP contribution in [-0.2, 0) is 14.3 Å². The molecule has 0 spiro atoms. The van der Waals surface area contributed by atoms with Gasteiger partial charge in [-0.05, 0) is 62.2 Å². The van der Waals surface area contributed by atoms with E-state index >= 15 is 0 Å². The molecule has 2 aromatic carbocycles. The van der Waals surface area contributed by atoms with Crippen LogP contribution in [0.3, 0.4) is 0 Å². The smallest absolute Gasteiger partial charge is 0.338 e. The van der Waals surface area contributed by atoms with Gasteiger partial charge in [0.15, 0.2) is 0 Å². The van der Waals surface area contributed by atoms with Gasteiger partial charge in [0.25, 0.3) is 0 Å². The molecule has 0 aromatic heterocycles. The van der Waals surface area contributed by atoms with Gasteiger partial charge < -0.3 is 15.0 Å². The Labute approximate surface area is 164 Å². The Morgan fingerprint density at radius 1 is 1.14 bits per heavy atom. The van der Waals surface area contributed by atoms with Gasteiger partial charge >= 0.3 is 5.97 Å². The summed E-state index contributed by atoms with van der Waals surface area (Å²) in [5.41, 5.74) is 3.95. The molecular weight excluding hydrogens is 356 g/mol. The lowest BCUT2D eigenvalue weighted by Gasteiger charge is -2.19. The zero-order valence-electron chi connectivity index (χ0n) is 16.3. The first-order chi connectivity index (χ1) is 13.4. The summed E-state index contributed by atoms with van der Waals surface area (Å²) >= 11 is 0. The summed E-state index contributed by atoms with van der Waals surface area (Å²) in [7, 11) is 0. The number of aryl methyl sites for hydroxylation is 2. The van der Waals surface area contributed by atoms with Gasteiger partial charge in [-0.15, -0.1) is 0 Å². The van der Waals surface area contributed by atoms with Crippen LogP contribution in [0.1, 0.15) is 34.8 Å². The first kappa shape index (κ1) is 19.6. The van der Waals surface area contributed by atoms with Crippen LogP contribution in [0.4, 0.5) is 11.4 Å². The molecule has 1 fully saturated rings. The van der Waals surface area contributed by atoms with E-state index in [2.05, 4.69) is 5.32 Å². The number of esters is 1. The van der Waals surface area contributed by atoms with Gasteiger partial charge in [0.05, 0.1) is 18.1 Å². The number of ether oxygens (including phenoxy) is 1. The highest BCUT2D eigenvalue weighted by Crippen LogP contribution is 2.29. The molecule has 1 N–H and O–H groups in total. The van der Waals surface area contributed by atoms with E-state index < -0.39 is 11.9 Å². The molecule has 28 heavy (non-hydrogen) atoms. The first-order valence-electron chi connectivity index (χ1n) is 9.34. The molecule has 0 saturated carbocycles. The monoisotopic (exact) mass is 380 g/mol. The lowest BCUT2D eigenvalue weighted by Crippen LogP contribution is -2.28. The van der Waals surface area contributed by atoms with Crippen molar-refractivity contribution in [1.29, 1.82) is 0 Å². The number of hydrogen-bond acceptors (Lipinski definition) is 4. The second kappa shape index (κ2) is 8.25. The summed E-state index contributed by atoms with van der Waals surface area (Å²) in [6.45, 7) is 6.35. The molecule has 3 rings (SSSR count). The number of nitrogens with zero attached hydrogens (tertiary/aromatic N) is 1. The van der Waals surface area contributed by atoms with Crippen molar-refractivity contribution >= 4 is 29.2 Å². The fraction of sp³-hybridized carbons (Fsp3) is 0.318. The predicted octanol–water partition coefficient (Wildman–Crippen LogP) is 3.47. The molecule has 0 aliphatic carbocycles. The Kier molecular flexibility index (Phi) is 5.78. The van der Waals surface area contributed by atoms with Gasteiger partial charge in [-0.2, -0.15) is 0 Å². The zero-order valence-corrected chi connectivity index (χ0v) is 16.3. The van der Waals surface area contributed by atoms with Crippen molar-refractivity contribution < 1.29 is 19.1 Å². The molecule has 0 unspecified atom stereocenters. The number of amides is 2. The molecule has 1 aliphatic heterocycles. The molecule has 1 saturated heterocycles. The number of rotatable bonds is 5. The number of hydrogen-bond donors (Lipinski definition) is 1. The molecule has 1 aliphatic rings. The summed E-state index contributed by atoms with van der Waals surface area (Å²) in [6.07, 6.45) is 0.181. The van der Waals surface area contributed by atoms with Crippen molar-refractivity contribution in [3.63, 3.8) is 0 Å². The van der Waals surface area contributed by atoms with E-state index in [9.17, 15) is 14.4 Å². The van der Waals surface area contributed by atoms with Crippen LogP contribution >= 0.6 is 0 Å². The van der Waals surface area contributed by atoms with E-state index in [4.69, 9.17) is 4.74 Å². The normalized spacial score (nSPS) is 16.2. The van der Waals surface area contributed by atoms with Crippen LogP contribution in [0, 0.1) is 19.8 Å². The van der Waals surface area contributed by atoms with Gasteiger partial charge in [0.2, 0.25) is 11.8 Å². The van der Waals surface area contributed by atoms with Crippen LogP contribution in [0.2, 0.25) is 0 Å². The summed E-state index contributed by atoms with van der Waals surface area (Å²) in [5, 5.41) is 2.83. The van der Waals surface area contributed by atoms with Crippen LogP contribution in [-0.4, -0.2) is 30.9 Å². The van der Waals surface area contributed by atoms with Gasteiger partial charge in [0, 0.05) is 24.3 Å². The van der Waals surface area contributed by atoms with E-state index in [1.165, 1.54) is 0 Å². The summed E-state index contributed by atoms with van der Waals surface area (Å²) in [5.74, 6) is -1.07. The fourth-order valence-corrected chi connectivity index (χ4v) is 3.27. The van der Waals surface area contributed by atoms with Gasteiger partial charge in [0.1, 0.15) is 0 Å². The van der Waals surface area contributed by atoms with E-state index in [0.717, 1.165) is 16.8 Å². The van der Waals surface area contributed by atoms with Crippen molar-refractivity contribution in [3.8, 4) is 0 Å². The van der Waals surface area contributed by atoms with Crippen molar-refractivity contribution in [2.75, 3.05) is 23.4 Å². The zero-order chi connectivity index (χ0) is 20.3. The molecule has 6 nitrogen and oxygen atoms in total. The minimum Gasteiger partial charge on any atom is -0.462 e. The molecule has 1 heterocycles. The molecule has 0 bridgehead atoms. The van der Waals surface area contributed by atoms with Crippen LogP contribution in [0.25, 0.3) is 0 Å². The number of nitrogens with one attached hydrogen (secondary N) is 1. The molecule has 6 heteroatoms. The highest BCUT2D eigenvalue weighted by molar-refractivity contribution is 6.04. The second-order valence-electron chi connectivity index (χ2n) is 6.98. The third kappa shape index (κ3) is 4.22. The van der Waals surface area contributed by atoms with E-state index in [0.29, 0.717) is 24.4 Å². The fourth-order valence-electron chi connectivity index (χ4n) is 3.27. The minimum atomic E-state index is -0.419. The summed E-state index contributed by atoms with van der Waals surface area (Å²) < 4.78 is 4.94. The maximum absolute atomic E-state index is 12.6. The van der Waals surface area contributed by atoms with Crippen LogP contribution in [0.15, 0.2) is 42.5 Å². The Morgan fingerprint density at radius 2 is 1.86 bits per heavy atom. The van der Waals surface area contributed by atoms with Crippen molar-refractivity contribution in [3.05, 3.63) is 59.2 Å².